The molecule has 88 valence electrons. The van der Waals surface area contributed by atoms with Crippen molar-refractivity contribution in [1.82, 2.24) is 0 Å². The predicted molar refractivity (Wildman–Crippen MR) is 77.4 cm³/mol. The molecule has 0 radical (unpaired) electrons. The zero-order chi connectivity index (χ0) is 12.3. The molecule has 0 aliphatic carbocycles. The highest BCUT2D eigenvalue weighted by atomic mass is 79.9. The molecule has 0 fully saturated rings. The first-order valence-corrected chi connectivity index (χ1v) is 6.53. The van der Waals surface area contributed by atoms with Crippen LogP contribution >= 0.6 is 15.9 Å². The molecule has 2 rings (SSSR count). The van der Waals surface area contributed by atoms with Gasteiger partial charge in [0, 0.05) is 16.2 Å². The van der Waals surface area contributed by atoms with E-state index in [0.717, 1.165) is 10.2 Å². The average Bonchev–Trinajstić information content (AvgIpc) is 2.33. The molecule has 0 saturated heterocycles. The molecule has 0 saturated carbocycles. The standard InChI is InChI=1S/C15H16BrN/c1-11-3-5-13(6-4-11)12(2)17-15-9-7-14(16)8-10-15/h3-10,12,17H,1-2H3. The molecule has 1 nitrogen and oxygen atoms in total. The minimum atomic E-state index is 0.316. The lowest BCUT2D eigenvalue weighted by molar-refractivity contribution is 0.884. The Morgan fingerprint density at radius 2 is 1.53 bits per heavy atom. The van der Waals surface area contributed by atoms with Gasteiger partial charge in [0.05, 0.1) is 0 Å². The lowest BCUT2D eigenvalue weighted by Gasteiger charge is -2.16. The number of aryl methyl sites for hydroxylation is 1. The van der Waals surface area contributed by atoms with Crippen LogP contribution in [0.4, 0.5) is 5.69 Å². The molecule has 0 heterocycles. The summed E-state index contributed by atoms with van der Waals surface area (Å²) in [6.07, 6.45) is 0. The molecular formula is C15H16BrN. The summed E-state index contributed by atoms with van der Waals surface area (Å²) < 4.78 is 1.10. The Hall–Kier alpha value is -1.28. The van der Waals surface area contributed by atoms with E-state index in [-0.39, 0.29) is 0 Å². The Morgan fingerprint density at radius 3 is 2.12 bits per heavy atom. The summed E-state index contributed by atoms with van der Waals surface area (Å²) in [6.45, 7) is 4.28. The second-order valence-electron chi connectivity index (χ2n) is 4.28. The maximum absolute atomic E-state index is 3.48. The number of hydrogen-bond donors (Lipinski definition) is 1. The van der Waals surface area contributed by atoms with Crippen LogP contribution < -0.4 is 5.32 Å². The molecular weight excluding hydrogens is 274 g/mol. The Morgan fingerprint density at radius 1 is 0.941 bits per heavy atom. The first-order chi connectivity index (χ1) is 8.15. The van der Waals surface area contributed by atoms with Crippen LogP contribution in [0.1, 0.15) is 24.1 Å². The normalized spacial score (nSPS) is 12.2. The molecule has 1 N–H and O–H groups in total. The molecule has 1 atom stereocenters. The molecule has 0 aliphatic heterocycles. The SMILES string of the molecule is Cc1ccc(C(C)Nc2ccc(Br)cc2)cc1. The van der Waals surface area contributed by atoms with Gasteiger partial charge >= 0.3 is 0 Å². The topological polar surface area (TPSA) is 12.0 Å². The number of benzene rings is 2. The van der Waals surface area contributed by atoms with Crippen LogP contribution in [0.15, 0.2) is 53.0 Å². The van der Waals surface area contributed by atoms with Crippen molar-refractivity contribution >= 4 is 21.6 Å². The van der Waals surface area contributed by atoms with E-state index in [2.05, 4.69) is 71.5 Å². The second-order valence-corrected chi connectivity index (χ2v) is 5.20. The van der Waals surface area contributed by atoms with Crippen molar-refractivity contribution in [1.29, 1.82) is 0 Å². The fourth-order valence-electron chi connectivity index (χ4n) is 1.73. The molecule has 0 bridgehead atoms. The zero-order valence-electron chi connectivity index (χ0n) is 10.1. The summed E-state index contributed by atoms with van der Waals surface area (Å²) in [5, 5.41) is 3.48. The van der Waals surface area contributed by atoms with Crippen LogP contribution in [0.3, 0.4) is 0 Å². The van der Waals surface area contributed by atoms with Crippen molar-refractivity contribution in [2.24, 2.45) is 0 Å². The van der Waals surface area contributed by atoms with Crippen molar-refractivity contribution in [3.8, 4) is 0 Å². The zero-order valence-corrected chi connectivity index (χ0v) is 11.7. The van der Waals surface area contributed by atoms with Gasteiger partial charge in [-0.3, -0.25) is 0 Å². The van der Waals surface area contributed by atoms with Crippen LogP contribution in [0.25, 0.3) is 0 Å². The number of nitrogens with one attached hydrogen (secondary N) is 1. The number of rotatable bonds is 3. The third-order valence-electron chi connectivity index (χ3n) is 2.80. The van der Waals surface area contributed by atoms with Gasteiger partial charge in [0.25, 0.3) is 0 Å². The Bertz CT molecular complexity index is 473. The van der Waals surface area contributed by atoms with E-state index in [4.69, 9.17) is 0 Å². The van der Waals surface area contributed by atoms with Crippen molar-refractivity contribution < 1.29 is 0 Å². The van der Waals surface area contributed by atoms with Crippen LogP contribution in [-0.4, -0.2) is 0 Å². The lowest BCUT2D eigenvalue weighted by Crippen LogP contribution is -2.06. The maximum atomic E-state index is 3.48. The predicted octanol–water partition coefficient (Wildman–Crippen LogP) is 4.93. The third-order valence-corrected chi connectivity index (χ3v) is 3.33. The largest absolute Gasteiger partial charge is 0.379 e. The lowest BCUT2D eigenvalue weighted by atomic mass is 10.1. The van der Waals surface area contributed by atoms with E-state index >= 15 is 0 Å². The van der Waals surface area contributed by atoms with Crippen molar-refractivity contribution in [2.75, 3.05) is 5.32 Å². The molecule has 2 aromatic carbocycles. The number of halogens is 1. The van der Waals surface area contributed by atoms with Crippen molar-refractivity contribution in [3.05, 3.63) is 64.1 Å². The minimum Gasteiger partial charge on any atom is -0.379 e. The van der Waals surface area contributed by atoms with Gasteiger partial charge in [-0.1, -0.05) is 45.8 Å². The average molecular weight is 290 g/mol. The summed E-state index contributed by atoms with van der Waals surface area (Å²) in [5.41, 5.74) is 3.74. The monoisotopic (exact) mass is 289 g/mol. The van der Waals surface area contributed by atoms with Gasteiger partial charge in [-0.15, -0.1) is 0 Å². The van der Waals surface area contributed by atoms with Crippen molar-refractivity contribution in [3.63, 3.8) is 0 Å². The number of anilines is 1. The van der Waals surface area contributed by atoms with Crippen LogP contribution in [0, 0.1) is 6.92 Å². The summed E-state index contributed by atoms with van der Waals surface area (Å²) in [6, 6.07) is 17.2. The van der Waals surface area contributed by atoms with Gasteiger partial charge in [-0.05, 0) is 43.7 Å². The molecule has 17 heavy (non-hydrogen) atoms. The molecule has 0 aromatic heterocycles. The molecule has 1 unspecified atom stereocenters. The van der Waals surface area contributed by atoms with Gasteiger partial charge in [-0.25, -0.2) is 0 Å². The molecule has 0 amide bonds. The maximum Gasteiger partial charge on any atom is 0.0485 e. The first-order valence-electron chi connectivity index (χ1n) is 5.74. The first kappa shape index (κ1) is 12.2. The highest BCUT2D eigenvalue weighted by Gasteiger charge is 2.04. The van der Waals surface area contributed by atoms with E-state index in [0.29, 0.717) is 6.04 Å². The van der Waals surface area contributed by atoms with Gasteiger partial charge in [-0.2, -0.15) is 0 Å². The second kappa shape index (κ2) is 5.37. The fraction of sp³-hybridized carbons (Fsp3) is 0.200. The summed E-state index contributed by atoms with van der Waals surface area (Å²) in [5.74, 6) is 0. The van der Waals surface area contributed by atoms with E-state index in [9.17, 15) is 0 Å². The fourth-order valence-corrected chi connectivity index (χ4v) is 2.00. The summed E-state index contributed by atoms with van der Waals surface area (Å²) in [4.78, 5) is 0. The Labute approximate surface area is 111 Å². The van der Waals surface area contributed by atoms with Gasteiger partial charge in [0.2, 0.25) is 0 Å². The smallest absolute Gasteiger partial charge is 0.0485 e. The molecule has 0 spiro atoms. The van der Waals surface area contributed by atoms with Gasteiger partial charge in [0.15, 0.2) is 0 Å². The van der Waals surface area contributed by atoms with Crippen LogP contribution in [0.2, 0.25) is 0 Å². The Kier molecular flexibility index (Phi) is 3.85. The quantitative estimate of drug-likeness (QED) is 0.845. The van der Waals surface area contributed by atoms with E-state index in [1.807, 2.05) is 12.1 Å². The highest BCUT2D eigenvalue weighted by molar-refractivity contribution is 9.10. The van der Waals surface area contributed by atoms with Crippen LogP contribution in [-0.2, 0) is 0 Å². The van der Waals surface area contributed by atoms with E-state index in [1.165, 1.54) is 11.1 Å². The third kappa shape index (κ3) is 3.34. The van der Waals surface area contributed by atoms with Gasteiger partial charge in [0.1, 0.15) is 0 Å². The van der Waals surface area contributed by atoms with Gasteiger partial charge < -0.3 is 5.32 Å². The summed E-state index contributed by atoms with van der Waals surface area (Å²) >= 11 is 3.44. The summed E-state index contributed by atoms with van der Waals surface area (Å²) in [7, 11) is 0. The number of hydrogen-bond acceptors (Lipinski definition) is 1. The molecule has 2 heteroatoms. The van der Waals surface area contributed by atoms with E-state index in [1.54, 1.807) is 0 Å². The minimum absolute atomic E-state index is 0.316. The van der Waals surface area contributed by atoms with Crippen molar-refractivity contribution in [2.45, 2.75) is 19.9 Å². The Balaban J connectivity index is 2.08. The van der Waals surface area contributed by atoms with Crippen LogP contribution in [0.5, 0.6) is 0 Å². The molecule has 0 aliphatic rings. The molecule has 2 aromatic rings. The highest BCUT2D eigenvalue weighted by Crippen LogP contribution is 2.21. The van der Waals surface area contributed by atoms with E-state index < -0.39 is 0 Å².